The Morgan fingerprint density at radius 2 is 1.60 bits per heavy atom. The second kappa shape index (κ2) is 7.97. The third-order valence-electron chi connectivity index (χ3n) is 4.00. The van der Waals surface area contributed by atoms with Crippen molar-refractivity contribution in [1.29, 1.82) is 0 Å². The van der Waals surface area contributed by atoms with Gasteiger partial charge >= 0.3 is 5.97 Å². The van der Waals surface area contributed by atoms with E-state index < -0.39 is 5.97 Å². The van der Waals surface area contributed by atoms with Crippen molar-refractivity contribution in [3.63, 3.8) is 0 Å². The van der Waals surface area contributed by atoms with Crippen LogP contribution in [0.3, 0.4) is 0 Å². The maximum absolute atomic E-state index is 12.1. The van der Waals surface area contributed by atoms with Crippen LogP contribution in [0.5, 0.6) is 0 Å². The zero-order valence-electron chi connectivity index (χ0n) is 15.2. The minimum absolute atomic E-state index is 0.0237. The highest BCUT2D eigenvalue weighted by Crippen LogP contribution is 2.22. The Morgan fingerprint density at radius 1 is 1.00 bits per heavy atom. The maximum Gasteiger partial charge on any atom is 0.338 e. The first-order chi connectivity index (χ1) is 11.8. The standard InChI is InChI=1S/C21H25NO3/c1-15(16-8-6-5-7-9-16)22-19(23)14-25-20(24)17-10-12-18(13-11-17)21(2,3)4/h5-13,15H,14H2,1-4H3,(H,22,23)/t15-/m1/s1. The molecule has 1 N–H and O–H groups in total. The van der Waals surface area contributed by atoms with E-state index >= 15 is 0 Å². The van der Waals surface area contributed by atoms with Gasteiger partial charge in [-0.2, -0.15) is 0 Å². The molecule has 0 unspecified atom stereocenters. The average Bonchev–Trinajstić information content (AvgIpc) is 2.59. The second-order valence-corrected chi connectivity index (χ2v) is 7.10. The first-order valence-corrected chi connectivity index (χ1v) is 8.39. The van der Waals surface area contributed by atoms with Gasteiger partial charge in [-0.25, -0.2) is 4.79 Å². The lowest BCUT2D eigenvalue weighted by atomic mass is 9.87. The summed E-state index contributed by atoms with van der Waals surface area (Å²) in [5.74, 6) is -0.820. The van der Waals surface area contributed by atoms with Crippen molar-refractivity contribution in [3.05, 3.63) is 71.3 Å². The predicted octanol–water partition coefficient (Wildman–Crippen LogP) is 4.02. The fourth-order valence-electron chi connectivity index (χ4n) is 2.43. The summed E-state index contributed by atoms with van der Waals surface area (Å²) < 4.78 is 5.10. The quantitative estimate of drug-likeness (QED) is 0.837. The molecular formula is C21H25NO3. The van der Waals surface area contributed by atoms with E-state index in [0.717, 1.165) is 11.1 Å². The molecule has 0 saturated carbocycles. The summed E-state index contributed by atoms with van der Waals surface area (Å²) in [6.07, 6.45) is 0. The molecule has 2 aromatic rings. The monoisotopic (exact) mass is 339 g/mol. The number of ether oxygens (including phenoxy) is 1. The normalized spacial score (nSPS) is 12.3. The molecule has 0 aliphatic rings. The lowest BCUT2D eigenvalue weighted by Crippen LogP contribution is -2.31. The lowest BCUT2D eigenvalue weighted by Gasteiger charge is -2.19. The van der Waals surface area contributed by atoms with Gasteiger partial charge in [0, 0.05) is 0 Å². The number of hydrogen-bond acceptors (Lipinski definition) is 3. The number of nitrogens with one attached hydrogen (secondary N) is 1. The smallest absolute Gasteiger partial charge is 0.338 e. The predicted molar refractivity (Wildman–Crippen MR) is 98.4 cm³/mol. The van der Waals surface area contributed by atoms with E-state index in [9.17, 15) is 9.59 Å². The molecule has 132 valence electrons. The Balaban J connectivity index is 1.86. The molecule has 0 aliphatic carbocycles. The summed E-state index contributed by atoms with van der Waals surface area (Å²) in [6, 6.07) is 16.8. The number of carbonyl (C=O) groups excluding carboxylic acids is 2. The molecule has 0 radical (unpaired) electrons. The number of esters is 1. The molecule has 4 heteroatoms. The van der Waals surface area contributed by atoms with E-state index in [1.54, 1.807) is 12.1 Å². The van der Waals surface area contributed by atoms with Crippen molar-refractivity contribution in [1.82, 2.24) is 5.32 Å². The summed E-state index contributed by atoms with van der Waals surface area (Å²) in [5, 5.41) is 2.82. The number of amides is 1. The summed E-state index contributed by atoms with van der Waals surface area (Å²) in [5.41, 5.74) is 2.60. The number of benzene rings is 2. The van der Waals surface area contributed by atoms with Gasteiger partial charge in [0.25, 0.3) is 5.91 Å². The van der Waals surface area contributed by atoms with E-state index in [-0.39, 0.29) is 24.0 Å². The van der Waals surface area contributed by atoms with Crippen LogP contribution in [0.1, 0.15) is 55.2 Å². The number of hydrogen-bond donors (Lipinski definition) is 1. The van der Waals surface area contributed by atoms with Crippen LogP contribution in [-0.4, -0.2) is 18.5 Å². The Kier molecular flexibility index (Phi) is 5.97. The molecule has 0 saturated heterocycles. The molecule has 1 atom stereocenters. The molecule has 25 heavy (non-hydrogen) atoms. The first kappa shape index (κ1) is 18.7. The first-order valence-electron chi connectivity index (χ1n) is 8.39. The Bertz CT molecular complexity index is 715. The molecule has 1 amide bonds. The fraction of sp³-hybridized carbons (Fsp3) is 0.333. The fourth-order valence-corrected chi connectivity index (χ4v) is 2.43. The van der Waals surface area contributed by atoms with E-state index in [4.69, 9.17) is 4.74 Å². The van der Waals surface area contributed by atoms with Crippen molar-refractivity contribution in [3.8, 4) is 0 Å². The molecule has 0 bridgehead atoms. The Hall–Kier alpha value is -2.62. The van der Waals surface area contributed by atoms with Crippen LogP contribution in [-0.2, 0) is 14.9 Å². The number of carbonyl (C=O) groups is 2. The van der Waals surface area contributed by atoms with Crippen LogP contribution in [0.25, 0.3) is 0 Å². The highest BCUT2D eigenvalue weighted by molar-refractivity contribution is 5.91. The Labute approximate surface area is 149 Å². The highest BCUT2D eigenvalue weighted by Gasteiger charge is 2.16. The summed E-state index contributed by atoms with van der Waals surface area (Å²) in [4.78, 5) is 24.0. The molecule has 0 aromatic heterocycles. The van der Waals surface area contributed by atoms with Gasteiger partial charge in [-0.15, -0.1) is 0 Å². The van der Waals surface area contributed by atoms with Crippen molar-refractivity contribution in [2.45, 2.75) is 39.2 Å². The highest BCUT2D eigenvalue weighted by atomic mass is 16.5. The van der Waals surface area contributed by atoms with E-state index in [0.29, 0.717) is 5.56 Å². The maximum atomic E-state index is 12.1. The summed E-state index contributed by atoms with van der Waals surface area (Å²) in [7, 11) is 0. The molecule has 0 heterocycles. The molecular weight excluding hydrogens is 314 g/mol. The summed E-state index contributed by atoms with van der Waals surface area (Å²) in [6.45, 7) is 7.92. The minimum atomic E-state index is -0.497. The average molecular weight is 339 g/mol. The van der Waals surface area contributed by atoms with Crippen LogP contribution in [0.15, 0.2) is 54.6 Å². The number of rotatable bonds is 5. The van der Waals surface area contributed by atoms with Crippen molar-refractivity contribution < 1.29 is 14.3 Å². The minimum Gasteiger partial charge on any atom is -0.452 e. The van der Waals surface area contributed by atoms with Gasteiger partial charge in [0.05, 0.1) is 11.6 Å². The molecule has 0 aliphatic heterocycles. The zero-order chi connectivity index (χ0) is 18.4. The van der Waals surface area contributed by atoms with Crippen LogP contribution < -0.4 is 5.32 Å². The molecule has 2 aromatic carbocycles. The largest absolute Gasteiger partial charge is 0.452 e. The van der Waals surface area contributed by atoms with Crippen molar-refractivity contribution >= 4 is 11.9 Å². The van der Waals surface area contributed by atoms with Crippen molar-refractivity contribution in [2.75, 3.05) is 6.61 Å². The van der Waals surface area contributed by atoms with Crippen LogP contribution in [0.2, 0.25) is 0 Å². The van der Waals surface area contributed by atoms with Crippen LogP contribution in [0.4, 0.5) is 0 Å². The third-order valence-corrected chi connectivity index (χ3v) is 4.00. The molecule has 2 rings (SSSR count). The van der Waals surface area contributed by atoms with Gasteiger partial charge in [0.15, 0.2) is 6.61 Å². The second-order valence-electron chi connectivity index (χ2n) is 7.10. The Morgan fingerprint density at radius 3 is 2.16 bits per heavy atom. The van der Waals surface area contributed by atoms with Gasteiger partial charge in [-0.1, -0.05) is 63.2 Å². The molecule has 4 nitrogen and oxygen atoms in total. The molecule has 0 spiro atoms. The lowest BCUT2D eigenvalue weighted by molar-refractivity contribution is -0.124. The van der Waals surface area contributed by atoms with E-state index in [1.807, 2.05) is 49.4 Å². The van der Waals surface area contributed by atoms with Gasteiger partial charge in [0.2, 0.25) is 0 Å². The van der Waals surface area contributed by atoms with Gasteiger partial charge < -0.3 is 10.1 Å². The molecule has 0 fully saturated rings. The van der Waals surface area contributed by atoms with Gasteiger partial charge in [0.1, 0.15) is 0 Å². The SMILES string of the molecule is C[C@@H](NC(=O)COC(=O)c1ccc(C(C)(C)C)cc1)c1ccccc1. The van der Waals surface area contributed by atoms with E-state index in [2.05, 4.69) is 26.1 Å². The van der Waals surface area contributed by atoms with Crippen LogP contribution >= 0.6 is 0 Å². The van der Waals surface area contributed by atoms with Crippen LogP contribution in [0, 0.1) is 0 Å². The van der Waals surface area contributed by atoms with Crippen molar-refractivity contribution in [2.24, 2.45) is 0 Å². The van der Waals surface area contributed by atoms with Gasteiger partial charge in [-0.05, 0) is 35.6 Å². The van der Waals surface area contributed by atoms with Gasteiger partial charge in [-0.3, -0.25) is 4.79 Å². The third kappa shape index (κ3) is 5.45. The topological polar surface area (TPSA) is 55.4 Å². The van der Waals surface area contributed by atoms with E-state index in [1.165, 1.54) is 0 Å². The zero-order valence-corrected chi connectivity index (χ0v) is 15.2. The summed E-state index contributed by atoms with van der Waals surface area (Å²) >= 11 is 0.